The average Bonchev–Trinajstić information content (AvgIpc) is 2.48. The molecule has 1 saturated heterocycles. The number of ketones is 1. The van der Waals surface area contributed by atoms with Crippen molar-refractivity contribution in [3.05, 3.63) is 0 Å². The lowest BCUT2D eigenvalue weighted by Gasteiger charge is -2.08. The highest BCUT2D eigenvalue weighted by Gasteiger charge is 2.37. The first kappa shape index (κ1) is 17.1. The van der Waals surface area contributed by atoms with Crippen molar-refractivity contribution in [2.24, 2.45) is 0 Å². The van der Waals surface area contributed by atoms with Crippen LogP contribution in [0.25, 0.3) is 0 Å². The molecule has 0 N–H and O–H groups in total. The van der Waals surface area contributed by atoms with Crippen molar-refractivity contribution in [2.75, 3.05) is 17.8 Å². The number of carbonyl (C=O) groups is 1. The molecule has 2 atom stereocenters. The lowest BCUT2D eigenvalue weighted by Crippen LogP contribution is -2.21. The lowest BCUT2D eigenvalue weighted by molar-refractivity contribution is -0.115. The minimum atomic E-state index is -6.09. The Kier molecular flexibility index (Phi) is 6.33. The van der Waals surface area contributed by atoms with Crippen molar-refractivity contribution < 1.29 is 30.9 Å². The molecule has 17 heavy (non-hydrogen) atoms. The number of hydrogen-bond acceptors (Lipinski definition) is 5. The number of carbonyl (C=O) groups excluding carboxylic acids is 1. The number of halogens is 3. The van der Waals surface area contributed by atoms with Gasteiger partial charge in [0.25, 0.3) is 0 Å². The van der Waals surface area contributed by atoms with Crippen molar-refractivity contribution in [3.8, 4) is 0 Å². The molecule has 0 radical (unpaired) electrons. The molecule has 1 aliphatic rings. The second-order valence-corrected chi connectivity index (χ2v) is 8.25. The Labute approximate surface area is 104 Å². The molecule has 0 aromatic heterocycles. The van der Waals surface area contributed by atoms with Crippen LogP contribution in [0.1, 0.15) is 6.92 Å². The summed E-state index contributed by atoms with van der Waals surface area (Å²) in [5, 5.41) is 0. The van der Waals surface area contributed by atoms with Crippen LogP contribution in [0.3, 0.4) is 0 Å². The second-order valence-electron chi connectivity index (χ2n) is 3.11. The molecule has 1 aliphatic heterocycles. The molecular weight excluding hydrogens is 301 g/mol. The molecule has 0 aliphatic carbocycles. The fourth-order valence-electron chi connectivity index (χ4n) is 0.910. The van der Waals surface area contributed by atoms with Crippen LogP contribution < -0.4 is 0 Å². The van der Waals surface area contributed by atoms with E-state index in [1.165, 1.54) is 11.5 Å². The van der Waals surface area contributed by atoms with Gasteiger partial charge in [0.05, 0.1) is 6.26 Å². The molecule has 0 saturated carbocycles. The zero-order valence-corrected chi connectivity index (χ0v) is 11.4. The largest absolute Gasteiger partial charge is 0.741 e. The highest BCUT2D eigenvalue weighted by atomic mass is 32.2. The maximum absolute atomic E-state index is 10.8. The quantitative estimate of drug-likeness (QED) is 0.409. The molecule has 1 rings (SSSR count). The Hall–Kier alpha value is 0.0700. The van der Waals surface area contributed by atoms with Crippen molar-refractivity contribution >= 4 is 38.6 Å². The van der Waals surface area contributed by atoms with Gasteiger partial charge < -0.3 is 4.55 Å². The average molecular weight is 312 g/mol. The summed E-state index contributed by atoms with van der Waals surface area (Å²) in [6.45, 7) is 1.70. The highest BCUT2D eigenvalue weighted by molar-refractivity contribution is 8.19. The predicted octanol–water partition coefficient (Wildman–Crippen LogP) is 0.948. The van der Waals surface area contributed by atoms with Crippen molar-refractivity contribution in [3.63, 3.8) is 0 Å². The van der Waals surface area contributed by atoms with Gasteiger partial charge in [0, 0.05) is 23.6 Å². The van der Waals surface area contributed by atoms with Crippen molar-refractivity contribution in [1.82, 2.24) is 0 Å². The van der Waals surface area contributed by atoms with Gasteiger partial charge in [0.2, 0.25) is 4.58 Å². The Bertz CT molecular complexity index is 365. The van der Waals surface area contributed by atoms with E-state index in [1.807, 2.05) is 11.8 Å². The van der Waals surface area contributed by atoms with E-state index in [0.717, 1.165) is 0 Å². The molecule has 2 unspecified atom stereocenters. The zero-order chi connectivity index (χ0) is 13.9. The first-order valence-corrected chi connectivity index (χ1v) is 8.54. The van der Waals surface area contributed by atoms with Crippen molar-refractivity contribution in [1.29, 1.82) is 0 Å². The van der Waals surface area contributed by atoms with Crippen LogP contribution in [0.4, 0.5) is 13.2 Å². The van der Waals surface area contributed by atoms with Crippen LogP contribution in [0.5, 0.6) is 0 Å². The van der Waals surface area contributed by atoms with E-state index in [1.54, 1.807) is 6.92 Å². The van der Waals surface area contributed by atoms with Gasteiger partial charge >= 0.3 is 5.51 Å². The summed E-state index contributed by atoms with van der Waals surface area (Å²) in [6.07, 6.45) is 2.19. The van der Waals surface area contributed by atoms with Gasteiger partial charge in [-0.05, 0) is 0 Å². The molecule has 0 amide bonds. The van der Waals surface area contributed by atoms with E-state index in [0.29, 0.717) is 21.3 Å². The summed E-state index contributed by atoms with van der Waals surface area (Å²) in [6, 6.07) is 0. The van der Waals surface area contributed by atoms with Crippen LogP contribution >= 0.6 is 11.8 Å². The minimum Gasteiger partial charge on any atom is -0.741 e. The number of thioether (sulfide) groups is 1. The molecular formula is C7H11F3O4S3. The van der Waals surface area contributed by atoms with Crippen LogP contribution in [0.2, 0.25) is 0 Å². The van der Waals surface area contributed by atoms with E-state index in [9.17, 15) is 18.0 Å². The summed E-state index contributed by atoms with van der Waals surface area (Å²) >= 11 is 1.82. The molecule has 0 spiro atoms. The topological polar surface area (TPSA) is 74.3 Å². The molecule has 1 fully saturated rings. The van der Waals surface area contributed by atoms with Gasteiger partial charge in [0.1, 0.15) is 5.75 Å². The zero-order valence-electron chi connectivity index (χ0n) is 8.98. The SMILES string of the molecule is CC(=O)C1SCC[S+]1C.O=S(=O)([O-])C(F)(F)F. The highest BCUT2D eigenvalue weighted by Crippen LogP contribution is 2.26. The summed E-state index contributed by atoms with van der Waals surface area (Å²) in [5.74, 6) is 2.79. The fraction of sp³-hybridized carbons (Fsp3) is 0.857. The maximum Gasteiger partial charge on any atom is 0.485 e. The van der Waals surface area contributed by atoms with E-state index in [4.69, 9.17) is 13.0 Å². The molecule has 0 aromatic carbocycles. The minimum absolute atomic E-state index is 0.338. The third-order valence-corrected chi connectivity index (χ3v) is 6.86. The number of alkyl halides is 3. The summed E-state index contributed by atoms with van der Waals surface area (Å²) in [7, 11) is -5.72. The van der Waals surface area contributed by atoms with Gasteiger partial charge in [-0.2, -0.15) is 13.2 Å². The van der Waals surface area contributed by atoms with Gasteiger partial charge in [0.15, 0.2) is 15.9 Å². The third kappa shape index (κ3) is 5.98. The molecule has 10 heteroatoms. The predicted molar refractivity (Wildman–Crippen MR) is 60.8 cm³/mol. The maximum atomic E-state index is 10.8. The first-order chi connectivity index (χ1) is 7.47. The smallest absolute Gasteiger partial charge is 0.485 e. The van der Waals surface area contributed by atoms with Gasteiger partial charge in [-0.15, -0.1) is 0 Å². The summed E-state index contributed by atoms with van der Waals surface area (Å²) in [5.41, 5.74) is -5.65. The fourth-order valence-corrected chi connectivity index (χ4v) is 5.08. The third-order valence-electron chi connectivity index (χ3n) is 1.66. The monoisotopic (exact) mass is 312 g/mol. The number of hydrogen-bond donors (Lipinski definition) is 0. The first-order valence-electron chi connectivity index (χ1n) is 4.22. The number of rotatable bonds is 1. The normalized spacial score (nSPS) is 25.1. The van der Waals surface area contributed by atoms with Gasteiger partial charge in [-0.3, -0.25) is 4.79 Å². The van der Waals surface area contributed by atoms with E-state index in [-0.39, 0.29) is 0 Å². The van der Waals surface area contributed by atoms with Gasteiger partial charge in [-0.25, -0.2) is 8.42 Å². The lowest BCUT2D eigenvalue weighted by atomic mass is 10.5. The van der Waals surface area contributed by atoms with E-state index >= 15 is 0 Å². The van der Waals surface area contributed by atoms with E-state index in [2.05, 4.69) is 6.26 Å². The molecule has 0 aromatic rings. The molecule has 0 bridgehead atoms. The Morgan fingerprint density at radius 1 is 1.47 bits per heavy atom. The Morgan fingerprint density at radius 3 is 2.00 bits per heavy atom. The Balaban J connectivity index is 0.000000304. The molecule has 102 valence electrons. The van der Waals surface area contributed by atoms with Crippen LogP contribution in [0, 0.1) is 0 Å². The molecule has 1 heterocycles. The van der Waals surface area contributed by atoms with Crippen LogP contribution in [-0.4, -0.2) is 46.6 Å². The second kappa shape index (κ2) is 6.30. The molecule has 4 nitrogen and oxygen atoms in total. The van der Waals surface area contributed by atoms with Crippen LogP contribution in [-0.2, 0) is 25.8 Å². The number of Topliss-reactive ketones (excluding diaryl/α,β-unsaturated/α-hetero) is 1. The summed E-state index contributed by atoms with van der Waals surface area (Å²) < 4.78 is 59.2. The Morgan fingerprint density at radius 2 is 1.88 bits per heavy atom. The standard InChI is InChI=1S/C6H11OS2.CHF3O3S/c1-5(7)6-8-3-4-9(6)2;2-1(3,4)8(5,6)7/h6H,3-4H2,1-2H3;(H,5,6,7)/q+1;/p-1. The van der Waals surface area contributed by atoms with Gasteiger partial charge in [-0.1, -0.05) is 11.8 Å². The van der Waals surface area contributed by atoms with Crippen molar-refractivity contribution in [2.45, 2.75) is 17.0 Å². The summed E-state index contributed by atoms with van der Waals surface area (Å²) in [4.78, 5) is 10.8. The van der Waals surface area contributed by atoms with E-state index < -0.39 is 15.6 Å². The van der Waals surface area contributed by atoms with Crippen LogP contribution in [0.15, 0.2) is 0 Å².